The number of anilines is 1. The van der Waals surface area contributed by atoms with Gasteiger partial charge in [-0.3, -0.25) is 4.79 Å². The molecule has 4 rings (SSSR count). The van der Waals surface area contributed by atoms with Crippen LogP contribution in [0, 0.1) is 19.8 Å². The number of carbonyl (C=O) groups is 1. The standard InChI is InChI=1S/C32H41N3O2/c1-5-25-21-28-32(35(22-25)20-10-8-7-9-11-29(36)37-6-2)34-31(27-18-14-24(4)15-19-27)30(33-28)26-16-12-23(3)13-17-26/h12-19,25H,5-11,20-22H2,1-4H3. The molecule has 2 aromatic carbocycles. The summed E-state index contributed by atoms with van der Waals surface area (Å²) in [5.41, 5.74) is 7.74. The smallest absolute Gasteiger partial charge is 0.305 e. The van der Waals surface area contributed by atoms with Crippen molar-refractivity contribution in [3.8, 4) is 22.5 Å². The molecule has 1 unspecified atom stereocenters. The van der Waals surface area contributed by atoms with Crippen LogP contribution in [0.15, 0.2) is 48.5 Å². The van der Waals surface area contributed by atoms with Gasteiger partial charge in [-0.25, -0.2) is 9.97 Å². The summed E-state index contributed by atoms with van der Waals surface area (Å²) in [6.45, 7) is 10.8. The minimum absolute atomic E-state index is 0.0819. The van der Waals surface area contributed by atoms with Gasteiger partial charge in [-0.05, 0) is 46.0 Å². The Labute approximate surface area is 222 Å². The Bertz CT molecular complexity index is 1170. The molecule has 0 N–H and O–H groups in total. The van der Waals surface area contributed by atoms with E-state index < -0.39 is 0 Å². The maximum atomic E-state index is 11.6. The average Bonchev–Trinajstić information content (AvgIpc) is 2.90. The summed E-state index contributed by atoms with van der Waals surface area (Å²) in [6, 6.07) is 17.3. The van der Waals surface area contributed by atoms with Crippen LogP contribution in [-0.4, -0.2) is 35.6 Å². The average molecular weight is 500 g/mol. The van der Waals surface area contributed by atoms with Gasteiger partial charge in [-0.15, -0.1) is 0 Å². The SMILES string of the molecule is CCOC(=O)CCCCCCN1CC(CC)Cc2nc(-c3ccc(C)cc3)c(-c3ccc(C)cc3)nc21. The lowest BCUT2D eigenvalue weighted by molar-refractivity contribution is -0.143. The van der Waals surface area contributed by atoms with Crippen molar-refractivity contribution >= 4 is 11.8 Å². The number of carbonyl (C=O) groups excluding carboxylic acids is 1. The lowest BCUT2D eigenvalue weighted by Gasteiger charge is -2.35. The second-order valence-corrected chi connectivity index (χ2v) is 10.3. The number of hydrogen-bond donors (Lipinski definition) is 0. The third kappa shape index (κ3) is 6.97. The van der Waals surface area contributed by atoms with Crippen LogP contribution in [0.5, 0.6) is 0 Å². The highest BCUT2D eigenvalue weighted by atomic mass is 16.5. The van der Waals surface area contributed by atoms with Gasteiger partial charge in [0.05, 0.1) is 23.7 Å². The number of hydrogen-bond acceptors (Lipinski definition) is 5. The van der Waals surface area contributed by atoms with Gasteiger partial charge in [0.15, 0.2) is 5.82 Å². The summed E-state index contributed by atoms with van der Waals surface area (Å²) in [5.74, 6) is 1.55. The Morgan fingerprint density at radius 1 is 0.865 bits per heavy atom. The molecule has 0 bridgehead atoms. The number of fused-ring (bicyclic) bond motifs is 1. The molecule has 0 fully saturated rings. The van der Waals surface area contributed by atoms with Gasteiger partial charge in [0.2, 0.25) is 0 Å². The summed E-state index contributed by atoms with van der Waals surface area (Å²) in [5, 5.41) is 0. The highest BCUT2D eigenvalue weighted by Gasteiger charge is 2.28. The van der Waals surface area contributed by atoms with Gasteiger partial charge in [0.25, 0.3) is 0 Å². The summed E-state index contributed by atoms with van der Waals surface area (Å²) >= 11 is 0. The molecular formula is C32H41N3O2. The van der Waals surface area contributed by atoms with Gasteiger partial charge in [-0.1, -0.05) is 85.8 Å². The van der Waals surface area contributed by atoms with E-state index >= 15 is 0 Å². The van der Waals surface area contributed by atoms with Crippen LogP contribution >= 0.6 is 0 Å². The lowest BCUT2D eigenvalue weighted by atomic mass is 9.94. The zero-order valence-electron chi connectivity index (χ0n) is 22.9. The molecule has 0 amide bonds. The fourth-order valence-corrected chi connectivity index (χ4v) is 5.04. The Morgan fingerprint density at radius 2 is 1.46 bits per heavy atom. The van der Waals surface area contributed by atoms with Crippen LogP contribution in [0.3, 0.4) is 0 Å². The first kappa shape index (κ1) is 26.8. The van der Waals surface area contributed by atoms with Crippen LogP contribution in [0.1, 0.15) is 69.2 Å². The number of aromatic nitrogens is 2. The molecular weight excluding hydrogens is 458 g/mol. The molecule has 1 atom stereocenters. The maximum absolute atomic E-state index is 11.6. The Balaban J connectivity index is 1.59. The molecule has 0 saturated carbocycles. The molecule has 0 saturated heterocycles. The van der Waals surface area contributed by atoms with E-state index in [1.807, 2.05) is 6.92 Å². The maximum Gasteiger partial charge on any atom is 0.305 e. The molecule has 0 radical (unpaired) electrons. The van der Waals surface area contributed by atoms with Crippen molar-refractivity contribution < 1.29 is 9.53 Å². The van der Waals surface area contributed by atoms with Crippen molar-refractivity contribution in [1.82, 2.24) is 9.97 Å². The summed E-state index contributed by atoms with van der Waals surface area (Å²) in [6.07, 6.45) is 6.75. The molecule has 37 heavy (non-hydrogen) atoms. The van der Waals surface area contributed by atoms with E-state index in [0.29, 0.717) is 18.9 Å². The lowest BCUT2D eigenvalue weighted by Crippen LogP contribution is -2.37. The van der Waals surface area contributed by atoms with E-state index in [-0.39, 0.29) is 5.97 Å². The zero-order chi connectivity index (χ0) is 26.2. The predicted octanol–water partition coefficient (Wildman–Crippen LogP) is 7.33. The summed E-state index contributed by atoms with van der Waals surface area (Å²) < 4.78 is 5.05. The fraction of sp³-hybridized carbons (Fsp3) is 0.469. The molecule has 0 aliphatic carbocycles. The Hall–Kier alpha value is -3.21. The molecule has 3 aromatic rings. The van der Waals surface area contributed by atoms with Crippen molar-refractivity contribution in [1.29, 1.82) is 0 Å². The van der Waals surface area contributed by atoms with Crippen molar-refractivity contribution in [2.45, 2.75) is 72.6 Å². The molecule has 0 spiro atoms. The van der Waals surface area contributed by atoms with Gasteiger partial charge in [0, 0.05) is 30.6 Å². The van der Waals surface area contributed by atoms with Crippen LogP contribution in [-0.2, 0) is 16.0 Å². The normalized spacial score (nSPS) is 14.9. The third-order valence-corrected chi connectivity index (χ3v) is 7.30. The van der Waals surface area contributed by atoms with E-state index in [9.17, 15) is 4.79 Å². The number of benzene rings is 2. The van der Waals surface area contributed by atoms with Crippen molar-refractivity contribution in [2.75, 3.05) is 24.6 Å². The molecule has 1 aliphatic rings. The summed E-state index contributed by atoms with van der Waals surface area (Å²) in [4.78, 5) is 24.7. The number of ether oxygens (including phenoxy) is 1. The quantitative estimate of drug-likeness (QED) is 0.204. The molecule has 1 aromatic heterocycles. The van der Waals surface area contributed by atoms with E-state index in [1.165, 1.54) is 11.1 Å². The van der Waals surface area contributed by atoms with E-state index in [1.54, 1.807) is 0 Å². The molecule has 2 heterocycles. The van der Waals surface area contributed by atoms with Crippen molar-refractivity contribution in [3.05, 3.63) is 65.4 Å². The summed E-state index contributed by atoms with van der Waals surface area (Å²) in [7, 11) is 0. The predicted molar refractivity (Wildman–Crippen MR) is 152 cm³/mol. The van der Waals surface area contributed by atoms with Gasteiger partial charge in [0.1, 0.15) is 0 Å². The second-order valence-electron chi connectivity index (χ2n) is 10.3. The van der Waals surface area contributed by atoms with E-state index in [2.05, 4.69) is 74.2 Å². The minimum Gasteiger partial charge on any atom is -0.466 e. The van der Waals surface area contributed by atoms with Gasteiger partial charge in [-0.2, -0.15) is 0 Å². The minimum atomic E-state index is -0.0819. The molecule has 5 nitrogen and oxygen atoms in total. The number of rotatable bonds is 11. The second kappa shape index (κ2) is 12.8. The topological polar surface area (TPSA) is 55.3 Å². The van der Waals surface area contributed by atoms with Crippen LogP contribution in [0.2, 0.25) is 0 Å². The van der Waals surface area contributed by atoms with Crippen LogP contribution in [0.25, 0.3) is 22.5 Å². The highest BCUT2D eigenvalue weighted by Crippen LogP contribution is 2.36. The third-order valence-electron chi connectivity index (χ3n) is 7.30. The number of esters is 1. The number of aryl methyl sites for hydroxylation is 2. The van der Waals surface area contributed by atoms with Crippen molar-refractivity contribution in [3.63, 3.8) is 0 Å². The zero-order valence-corrected chi connectivity index (χ0v) is 22.9. The first-order valence-electron chi connectivity index (χ1n) is 13.9. The molecule has 1 aliphatic heterocycles. The first-order valence-corrected chi connectivity index (χ1v) is 13.9. The monoisotopic (exact) mass is 499 g/mol. The van der Waals surface area contributed by atoms with Gasteiger partial charge >= 0.3 is 5.97 Å². The first-order chi connectivity index (χ1) is 18.0. The largest absolute Gasteiger partial charge is 0.466 e. The molecule has 5 heteroatoms. The van der Waals surface area contributed by atoms with E-state index in [4.69, 9.17) is 14.7 Å². The number of nitrogens with zero attached hydrogens (tertiary/aromatic N) is 3. The van der Waals surface area contributed by atoms with Crippen LogP contribution < -0.4 is 4.90 Å². The van der Waals surface area contributed by atoms with Crippen molar-refractivity contribution in [2.24, 2.45) is 5.92 Å². The number of unbranched alkanes of at least 4 members (excludes halogenated alkanes) is 3. The molecule has 196 valence electrons. The van der Waals surface area contributed by atoms with Gasteiger partial charge < -0.3 is 9.64 Å². The van der Waals surface area contributed by atoms with E-state index in [0.717, 1.165) is 85.6 Å². The fourth-order valence-electron chi connectivity index (χ4n) is 5.04. The Morgan fingerprint density at radius 3 is 2.05 bits per heavy atom. The Kier molecular flexibility index (Phi) is 9.32. The highest BCUT2D eigenvalue weighted by molar-refractivity contribution is 5.80. The van der Waals surface area contributed by atoms with Crippen LogP contribution in [0.4, 0.5) is 5.82 Å².